The normalized spacial score (nSPS) is 11.0. The number of hydrogen-bond acceptors (Lipinski definition) is 3. The van der Waals surface area contributed by atoms with E-state index in [4.69, 9.17) is 10.8 Å². The summed E-state index contributed by atoms with van der Waals surface area (Å²) in [5.41, 5.74) is -1.11. The van der Waals surface area contributed by atoms with Gasteiger partial charge in [0.15, 0.2) is 0 Å². The lowest BCUT2D eigenvalue weighted by molar-refractivity contribution is 0.0926. The van der Waals surface area contributed by atoms with Crippen LogP contribution in [0.4, 0.5) is 0 Å². The van der Waals surface area contributed by atoms with Gasteiger partial charge in [0.2, 0.25) is 0 Å². The summed E-state index contributed by atoms with van der Waals surface area (Å²) in [5, 5.41) is 3.28. The van der Waals surface area contributed by atoms with Crippen molar-refractivity contribution in [2.45, 2.75) is 19.4 Å². The number of carbonyl (C=O) groups is 1. The van der Waals surface area contributed by atoms with E-state index in [1.54, 1.807) is 38.1 Å². The fourth-order valence-corrected chi connectivity index (χ4v) is 1.61. The Kier molecular flexibility index (Phi) is 3.14. The topological polar surface area (TPSA) is 59.3 Å². The minimum Gasteiger partial charge on any atom is -0.422 e. The van der Waals surface area contributed by atoms with Gasteiger partial charge in [-0.3, -0.25) is 4.79 Å². The quantitative estimate of drug-likeness (QED) is 0.659. The van der Waals surface area contributed by atoms with Gasteiger partial charge in [-0.1, -0.05) is 24.1 Å². The standard InChI is InChI=1S/C15H13NO3/c1-4-15(2,3)16-13(17)11-9-10-7-5-6-8-12(10)19-14(11)18/h1,5-9H,2-3H3,(H,16,17). The predicted molar refractivity (Wildman–Crippen MR) is 72.9 cm³/mol. The molecule has 1 N–H and O–H groups in total. The van der Waals surface area contributed by atoms with Crippen LogP contribution >= 0.6 is 0 Å². The van der Waals surface area contributed by atoms with Crippen molar-refractivity contribution in [3.63, 3.8) is 0 Å². The zero-order valence-electron chi connectivity index (χ0n) is 10.7. The highest BCUT2D eigenvalue weighted by Gasteiger charge is 2.21. The smallest absolute Gasteiger partial charge is 0.349 e. The van der Waals surface area contributed by atoms with Crippen molar-refractivity contribution in [3.05, 3.63) is 46.3 Å². The van der Waals surface area contributed by atoms with Crippen molar-refractivity contribution in [2.75, 3.05) is 0 Å². The first kappa shape index (κ1) is 12.9. The molecule has 0 radical (unpaired) electrons. The molecule has 4 nitrogen and oxygen atoms in total. The summed E-state index contributed by atoms with van der Waals surface area (Å²) in [5.74, 6) is 1.89. The lowest BCUT2D eigenvalue weighted by atomic mass is 10.1. The molecule has 0 aliphatic heterocycles. The summed E-state index contributed by atoms with van der Waals surface area (Å²) in [4.78, 5) is 23.8. The van der Waals surface area contributed by atoms with E-state index in [0.29, 0.717) is 11.0 Å². The first-order valence-corrected chi connectivity index (χ1v) is 5.76. The van der Waals surface area contributed by atoms with E-state index in [9.17, 15) is 9.59 Å². The maximum Gasteiger partial charge on any atom is 0.349 e. The average Bonchev–Trinajstić information content (AvgIpc) is 2.37. The third-order valence-corrected chi connectivity index (χ3v) is 2.67. The van der Waals surface area contributed by atoms with E-state index in [-0.39, 0.29) is 5.56 Å². The summed E-state index contributed by atoms with van der Waals surface area (Å²) < 4.78 is 5.09. The second kappa shape index (κ2) is 4.62. The van der Waals surface area contributed by atoms with Crippen LogP contribution < -0.4 is 10.9 Å². The van der Waals surface area contributed by atoms with Gasteiger partial charge in [-0.05, 0) is 26.0 Å². The van der Waals surface area contributed by atoms with Crippen LogP contribution in [-0.2, 0) is 0 Å². The molecule has 0 fully saturated rings. The molecular formula is C15H13NO3. The van der Waals surface area contributed by atoms with E-state index in [1.807, 2.05) is 0 Å². The Labute approximate surface area is 110 Å². The van der Waals surface area contributed by atoms with E-state index in [1.165, 1.54) is 6.07 Å². The van der Waals surface area contributed by atoms with E-state index in [2.05, 4.69) is 11.2 Å². The summed E-state index contributed by atoms with van der Waals surface area (Å²) in [7, 11) is 0. The number of fused-ring (bicyclic) bond motifs is 1. The van der Waals surface area contributed by atoms with Crippen molar-refractivity contribution in [3.8, 4) is 12.3 Å². The largest absolute Gasteiger partial charge is 0.422 e. The van der Waals surface area contributed by atoms with Crippen molar-refractivity contribution in [1.29, 1.82) is 0 Å². The van der Waals surface area contributed by atoms with Gasteiger partial charge in [-0.15, -0.1) is 6.42 Å². The van der Waals surface area contributed by atoms with Crippen LogP contribution in [-0.4, -0.2) is 11.4 Å². The van der Waals surface area contributed by atoms with E-state index < -0.39 is 17.1 Å². The monoisotopic (exact) mass is 255 g/mol. The molecule has 4 heteroatoms. The molecule has 1 heterocycles. The fraction of sp³-hybridized carbons (Fsp3) is 0.200. The summed E-state index contributed by atoms with van der Waals surface area (Å²) in [6.07, 6.45) is 5.29. The molecule has 0 saturated heterocycles. The van der Waals surface area contributed by atoms with Crippen molar-refractivity contribution < 1.29 is 9.21 Å². The first-order chi connectivity index (χ1) is 8.93. The van der Waals surface area contributed by atoms with E-state index >= 15 is 0 Å². The average molecular weight is 255 g/mol. The number of carbonyl (C=O) groups excluding carboxylic acids is 1. The number of para-hydroxylation sites is 1. The SMILES string of the molecule is C#CC(C)(C)NC(=O)c1cc2ccccc2oc1=O. The second-order valence-electron chi connectivity index (χ2n) is 4.71. The molecule has 0 spiro atoms. The predicted octanol–water partition coefficient (Wildman–Crippen LogP) is 1.93. The molecule has 0 atom stereocenters. The number of terminal acetylenes is 1. The molecule has 1 aromatic heterocycles. The highest BCUT2D eigenvalue weighted by molar-refractivity contribution is 5.97. The molecule has 0 bridgehead atoms. The molecule has 2 aromatic rings. The Morgan fingerprint density at radius 1 is 1.37 bits per heavy atom. The first-order valence-electron chi connectivity index (χ1n) is 5.76. The Bertz CT molecular complexity index is 735. The van der Waals surface area contributed by atoms with Gasteiger partial charge in [-0.2, -0.15) is 0 Å². The molecule has 0 aliphatic rings. The van der Waals surface area contributed by atoms with Crippen LogP contribution in [0.1, 0.15) is 24.2 Å². The minimum atomic E-state index is -0.824. The third-order valence-electron chi connectivity index (χ3n) is 2.67. The van der Waals surface area contributed by atoms with Crippen LogP contribution in [0.3, 0.4) is 0 Å². The number of rotatable bonds is 2. The van der Waals surface area contributed by atoms with Crippen LogP contribution in [0, 0.1) is 12.3 Å². The maximum atomic E-state index is 12.0. The number of nitrogens with one attached hydrogen (secondary N) is 1. The molecule has 0 saturated carbocycles. The van der Waals surface area contributed by atoms with Gasteiger partial charge in [0, 0.05) is 5.39 Å². The number of hydrogen-bond donors (Lipinski definition) is 1. The lowest BCUT2D eigenvalue weighted by Crippen LogP contribution is -2.43. The van der Waals surface area contributed by atoms with Crippen LogP contribution in [0.5, 0.6) is 0 Å². The Balaban J connectivity index is 2.46. The number of amides is 1. The summed E-state index contributed by atoms with van der Waals surface area (Å²) in [6, 6.07) is 8.50. The zero-order valence-corrected chi connectivity index (χ0v) is 10.7. The van der Waals surface area contributed by atoms with Crippen molar-refractivity contribution in [1.82, 2.24) is 5.32 Å². The Hall–Kier alpha value is -2.54. The Morgan fingerprint density at radius 2 is 2.05 bits per heavy atom. The van der Waals surface area contributed by atoms with Gasteiger partial charge in [0.05, 0.1) is 5.54 Å². The second-order valence-corrected chi connectivity index (χ2v) is 4.71. The maximum absolute atomic E-state index is 12.0. The van der Waals surface area contributed by atoms with Gasteiger partial charge in [0.1, 0.15) is 11.1 Å². The lowest BCUT2D eigenvalue weighted by Gasteiger charge is -2.19. The highest BCUT2D eigenvalue weighted by atomic mass is 16.4. The molecule has 0 unspecified atom stereocenters. The molecule has 1 aromatic carbocycles. The molecule has 19 heavy (non-hydrogen) atoms. The van der Waals surface area contributed by atoms with Gasteiger partial charge >= 0.3 is 5.63 Å². The Morgan fingerprint density at radius 3 is 2.74 bits per heavy atom. The minimum absolute atomic E-state index is 0.0537. The van der Waals surface area contributed by atoms with Gasteiger partial charge < -0.3 is 9.73 Å². The molecule has 2 rings (SSSR count). The number of benzene rings is 1. The van der Waals surface area contributed by atoms with Crippen molar-refractivity contribution >= 4 is 16.9 Å². The molecule has 0 aliphatic carbocycles. The van der Waals surface area contributed by atoms with Crippen LogP contribution in [0.25, 0.3) is 11.0 Å². The van der Waals surface area contributed by atoms with Gasteiger partial charge in [0.25, 0.3) is 5.91 Å². The molecule has 96 valence electrons. The zero-order chi connectivity index (χ0) is 14.0. The van der Waals surface area contributed by atoms with Crippen LogP contribution in [0.15, 0.2) is 39.5 Å². The summed E-state index contributed by atoms with van der Waals surface area (Å²) >= 11 is 0. The fourth-order valence-electron chi connectivity index (χ4n) is 1.61. The molecular weight excluding hydrogens is 242 g/mol. The van der Waals surface area contributed by atoms with Crippen molar-refractivity contribution in [2.24, 2.45) is 0 Å². The summed E-state index contributed by atoms with van der Waals surface area (Å²) in [6.45, 7) is 3.35. The highest BCUT2D eigenvalue weighted by Crippen LogP contribution is 2.13. The third kappa shape index (κ3) is 2.66. The van der Waals surface area contributed by atoms with Gasteiger partial charge in [-0.25, -0.2) is 4.79 Å². The van der Waals surface area contributed by atoms with Crippen LogP contribution in [0.2, 0.25) is 0 Å². The van der Waals surface area contributed by atoms with E-state index in [0.717, 1.165) is 0 Å². The molecule has 1 amide bonds.